The number of alkyl halides is 2. The fourth-order valence-corrected chi connectivity index (χ4v) is 1.45. The number of methoxy groups -OCH3 is 1. The zero-order chi connectivity index (χ0) is 12.3. The van der Waals surface area contributed by atoms with E-state index in [1.807, 2.05) is 0 Å². The van der Waals surface area contributed by atoms with Gasteiger partial charge in [-0.1, -0.05) is 11.6 Å². The molecule has 1 aromatic heterocycles. The molecule has 16 heavy (non-hydrogen) atoms. The number of halogens is 3. The van der Waals surface area contributed by atoms with Gasteiger partial charge in [-0.15, -0.1) is 0 Å². The summed E-state index contributed by atoms with van der Waals surface area (Å²) in [4.78, 5) is 14.8. The molecule has 0 aliphatic rings. The van der Waals surface area contributed by atoms with Crippen LogP contribution >= 0.6 is 11.6 Å². The molecular weight excluding hydrogens is 242 g/mol. The monoisotopic (exact) mass is 250 g/mol. The molecule has 0 fully saturated rings. The van der Waals surface area contributed by atoms with Crippen molar-refractivity contribution in [3.63, 3.8) is 0 Å². The Kier molecular flexibility index (Phi) is 4.14. The summed E-state index contributed by atoms with van der Waals surface area (Å²) in [5, 5.41) is -0.139. The van der Waals surface area contributed by atoms with Gasteiger partial charge in [-0.3, -0.25) is 4.98 Å². The summed E-state index contributed by atoms with van der Waals surface area (Å²) < 4.78 is 29.5. The van der Waals surface area contributed by atoms with E-state index < -0.39 is 23.7 Å². The first kappa shape index (κ1) is 12.8. The Hall–Kier alpha value is -1.27. The van der Waals surface area contributed by atoms with Crippen molar-refractivity contribution in [2.75, 3.05) is 7.11 Å². The summed E-state index contributed by atoms with van der Waals surface area (Å²) in [6.45, 7) is -0.000649. The Morgan fingerprint density at radius 2 is 2.31 bits per heavy atom. The van der Waals surface area contributed by atoms with Crippen molar-refractivity contribution in [3.8, 4) is 0 Å². The van der Waals surface area contributed by atoms with Crippen molar-refractivity contribution in [2.24, 2.45) is 5.73 Å². The largest absolute Gasteiger partial charge is 0.465 e. The van der Waals surface area contributed by atoms with Crippen molar-refractivity contribution >= 4 is 17.6 Å². The highest BCUT2D eigenvalue weighted by Crippen LogP contribution is 2.29. The second kappa shape index (κ2) is 5.18. The number of ether oxygens (including phenoxy) is 1. The molecule has 7 heteroatoms. The van der Waals surface area contributed by atoms with Gasteiger partial charge in [-0.25, -0.2) is 13.6 Å². The summed E-state index contributed by atoms with van der Waals surface area (Å²) in [5.74, 6) is -0.955. The highest BCUT2D eigenvalue weighted by atomic mass is 35.5. The maximum absolute atomic E-state index is 12.6. The smallest absolute Gasteiger partial charge is 0.341 e. The summed E-state index contributed by atoms with van der Waals surface area (Å²) in [7, 11) is 1.07. The Morgan fingerprint density at radius 3 is 2.75 bits per heavy atom. The fraction of sp³-hybridized carbons (Fsp3) is 0.333. The average Bonchev–Trinajstić information content (AvgIpc) is 2.27. The lowest BCUT2D eigenvalue weighted by Gasteiger charge is -2.10. The minimum atomic E-state index is -2.90. The van der Waals surface area contributed by atoms with Crippen LogP contribution in [0.2, 0.25) is 5.02 Å². The fourth-order valence-electron chi connectivity index (χ4n) is 1.15. The summed E-state index contributed by atoms with van der Waals surface area (Å²) in [6, 6.07) is 0. The third-order valence-corrected chi connectivity index (χ3v) is 2.36. The van der Waals surface area contributed by atoms with Crippen LogP contribution in [0.1, 0.15) is 28.0 Å². The number of carbonyl (C=O) groups is 1. The molecule has 1 aromatic rings. The van der Waals surface area contributed by atoms with Crippen LogP contribution in [0.4, 0.5) is 8.78 Å². The minimum absolute atomic E-state index is 0.000649. The van der Waals surface area contributed by atoms with Crippen LogP contribution in [-0.2, 0) is 11.3 Å². The predicted octanol–water partition coefficient (Wildman–Crippen LogP) is 1.92. The number of nitrogens with zero attached hydrogens (tertiary/aromatic N) is 1. The van der Waals surface area contributed by atoms with Gasteiger partial charge < -0.3 is 10.5 Å². The van der Waals surface area contributed by atoms with E-state index in [2.05, 4.69) is 9.72 Å². The number of hydrogen-bond donors (Lipinski definition) is 1. The maximum atomic E-state index is 12.6. The van der Waals surface area contributed by atoms with Crippen molar-refractivity contribution in [2.45, 2.75) is 13.0 Å². The number of pyridine rings is 1. The van der Waals surface area contributed by atoms with Crippen molar-refractivity contribution in [3.05, 3.63) is 28.0 Å². The van der Waals surface area contributed by atoms with E-state index in [-0.39, 0.29) is 11.6 Å². The second-order valence-corrected chi connectivity index (χ2v) is 3.23. The number of esters is 1. The van der Waals surface area contributed by atoms with Gasteiger partial charge >= 0.3 is 5.97 Å². The van der Waals surface area contributed by atoms with E-state index in [4.69, 9.17) is 17.3 Å². The van der Waals surface area contributed by atoms with E-state index in [9.17, 15) is 13.6 Å². The zero-order valence-corrected chi connectivity index (χ0v) is 9.09. The van der Waals surface area contributed by atoms with Crippen LogP contribution in [0.25, 0.3) is 0 Å². The van der Waals surface area contributed by atoms with Gasteiger partial charge in [0.1, 0.15) is 11.3 Å². The molecule has 0 aliphatic carbocycles. The summed E-state index contributed by atoms with van der Waals surface area (Å²) in [6.07, 6.45) is -1.78. The molecular formula is C9H9ClF2N2O2. The Morgan fingerprint density at radius 1 is 1.69 bits per heavy atom. The average molecular weight is 251 g/mol. The van der Waals surface area contributed by atoms with E-state index in [1.165, 1.54) is 0 Å². The number of carbonyl (C=O) groups excluding carboxylic acids is 1. The van der Waals surface area contributed by atoms with Gasteiger partial charge in [0, 0.05) is 18.3 Å². The molecule has 0 bridgehead atoms. The van der Waals surface area contributed by atoms with Crippen LogP contribution in [0.15, 0.2) is 6.20 Å². The number of aromatic nitrogens is 1. The highest BCUT2D eigenvalue weighted by molar-refractivity contribution is 6.34. The normalized spacial score (nSPS) is 10.6. The van der Waals surface area contributed by atoms with Gasteiger partial charge in [0.2, 0.25) is 0 Å². The zero-order valence-electron chi connectivity index (χ0n) is 8.34. The van der Waals surface area contributed by atoms with Gasteiger partial charge in [0.25, 0.3) is 6.43 Å². The SMILES string of the molecule is COC(=O)c1c(C(F)F)ncc(CN)c1Cl. The van der Waals surface area contributed by atoms with Crippen LogP contribution in [0.5, 0.6) is 0 Å². The van der Waals surface area contributed by atoms with Crippen molar-refractivity contribution in [1.82, 2.24) is 4.98 Å². The quantitative estimate of drug-likeness (QED) is 0.833. The lowest BCUT2D eigenvalue weighted by atomic mass is 10.1. The van der Waals surface area contributed by atoms with Crippen LogP contribution in [-0.4, -0.2) is 18.1 Å². The molecule has 0 unspecified atom stereocenters. The standard InChI is InChI=1S/C9H9ClF2N2O2/c1-16-9(15)5-6(10)4(2-13)3-14-7(5)8(11)12/h3,8H,2,13H2,1H3. The number of rotatable bonds is 3. The molecule has 0 saturated carbocycles. The van der Waals surface area contributed by atoms with Crippen molar-refractivity contribution < 1.29 is 18.3 Å². The Balaban J connectivity index is 3.42. The first-order valence-electron chi connectivity index (χ1n) is 4.26. The Labute approximate surface area is 95.4 Å². The van der Waals surface area contributed by atoms with E-state index >= 15 is 0 Å². The molecule has 4 nitrogen and oxygen atoms in total. The molecule has 1 rings (SSSR count). The lowest BCUT2D eigenvalue weighted by Crippen LogP contribution is -2.12. The van der Waals surface area contributed by atoms with Crippen LogP contribution < -0.4 is 5.73 Å². The lowest BCUT2D eigenvalue weighted by molar-refractivity contribution is 0.0587. The van der Waals surface area contributed by atoms with E-state index in [1.54, 1.807) is 0 Å². The van der Waals surface area contributed by atoms with E-state index in [0.29, 0.717) is 5.56 Å². The summed E-state index contributed by atoms with van der Waals surface area (Å²) >= 11 is 5.78. The van der Waals surface area contributed by atoms with Gasteiger partial charge in [0.15, 0.2) is 0 Å². The molecule has 0 radical (unpaired) electrons. The Bertz CT molecular complexity index is 413. The molecule has 0 saturated heterocycles. The summed E-state index contributed by atoms with van der Waals surface area (Å²) in [5.41, 5.74) is 4.51. The molecule has 1 heterocycles. The second-order valence-electron chi connectivity index (χ2n) is 2.85. The molecule has 0 spiro atoms. The van der Waals surface area contributed by atoms with Gasteiger partial charge in [-0.05, 0) is 0 Å². The maximum Gasteiger partial charge on any atom is 0.341 e. The molecule has 0 aromatic carbocycles. The van der Waals surface area contributed by atoms with Gasteiger partial charge in [0.05, 0.1) is 12.1 Å². The number of nitrogens with two attached hydrogens (primary N) is 1. The predicted molar refractivity (Wildman–Crippen MR) is 53.4 cm³/mol. The molecule has 88 valence electrons. The molecule has 0 amide bonds. The number of hydrogen-bond acceptors (Lipinski definition) is 4. The highest BCUT2D eigenvalue weighted by Gasteiger charge is 2.25. The molecule has 2 N–H and O–H groups in total. The third kappa shape index (κ3) is 2.28. The minimum Gasteiger partial charge on any atom is -0.465 e. The van der Waals surface area contributed by atoms with Crippen LogP contribution in [0, 0.1) is 0 Å². The van der Waals surface area contributed by atoms with Crippen LogP contribution in [0.3, 0.4) is 0 Å². The van der Waals surface area contributed by atoms with E-state index in [0.717, 1.165) is 13.3 Å². The topological polar surface area (TPSA) is 65.2 Å². The third-order valence-electron chi connectivity index (χ3n) is 1.93. The van der Waals surface area contributed by atoms with Crippen molar-refractivity contribution in [1.29, 1.82) is 0 Å². The molecule has 0 aliphatic heterocycles. The molecule has 0 atom stereocenters. The van der Waals surface area contributed by atoms with Gasteiger partial charge in [-0.2, -0.15) is 0 Å². The first-order valence-corrected chi connectivity index (χ1v) is 4.64. The first-order chi connectivity index (χ1) is 7.52.